The first kappa shape index (κ1) is 22.5. The van der Waals surface area contributed by atoms with Crippen molar-refractivity contribution in [1.29, 1.82) is 0 Å². The molecule has 0 atom stereocenters. The Morgan fingerprint density at radius 2 is 1.79 bits per heavy atom. The number of para-hydroxylation sites is 1. The minimum absolute atomic E-state index is 0.173. The Morgan fingerprint density at radius 3 is 2.55 bits per heavy atom. The van der Waals surface area contributed by atoms with Gasteiger partial charge < -0.3 is 20.4 Å². The van der Waals surface area contributed by atoms with Crippen LogP contribution in [0.3, 0.4) is 0 Å². The van der Waals surface area contributed by atoms with Crippen LogP contribution >= 0.6 is 11.6 Å². The highest BCUT2D eigenvalue weighted by Crippen LogP contribution is 2.21. The zero-order chi connectivity index (χ0) is 23.2. The zero-order valence-corrected chi connectivity index (χ0v) is 18.6. The van der Waals surface area contributed by atoms with Crippen molar-refractivity contribution in [2.45, 2.75) is 6.42 Å². The van der Waals surface area contributed by atoms with Gasteiger partial charge in [-0.1, -0.05) is 29.8 Å². The third kappa shape index (κ3) is 5.78. The van der Waals surface area contributed by atoms with Gasteiger partial charge in [0.05, 0.1) is 22.6 Å². The Morgan fingerprint density at radius 1 is 0.939 bits per heavy atom. The van der Waals surface area contributed by atoms with E-state index in [-0.39, 0.29) is 5.91 Å². The van der Waals surface area contributed by atoms with Crippen LogP contribution in [0.25, 0.3) is 0 Å². The Bertz CT molecular complexity index is 1140. The molecular formula is C24H23ClFN5O2. The minimum atomic E-state index is -0.421. The topological polar surface area (TPSA) is 77.6 Å². The maximum Gasteiger partial charge on any atom is 0.323 e. The minimum Gasteiger partial charge on any atom is -0.355 e. The summed E-state index contributed by atoms with van der Waals surface area (Å²) in [7, 11) is 0. The van der Waals surface area contributed by atoms with Crippen molar-refractivity contribution in [2.24, 2.45) is 0 Å². The third-order valence-corrected chi connectivity index (χ3v) is 5.64. The van der Waals surface area contributed by atoms with Gasteiger partial charge in [-0.25, -0.2) is 14.2 Å². The first-order chi connectivity index (χ1) is 16.0. The van der Waals surface area contributed by atoms with Gasteiger partial charge in [0.25, 0.3) is 5.91 Å². The van der Waals surface area contributed by atoms with Gasteiger partial charge in [-0.05, 0) is 48.9 Å². The number of hydrogen-bond acceptors (Lipinski definition) is 4. The van der Waals surface area contributed by atoms with E-state index in [1.165, 1.54) is 12.1 Å². The molecule has 1 aliphatic rings. The molecule has 9 heteroatoms. The van der Waals surface area contributed by atoms with E-state index in [1.807, 2.05) is 6.07 Å². The van der Waals surface area contributed by atoms with Crippen LogP contribution in [-0.4, -0.2) is 48.0 Å². The second-order valence-electron chi connectivity index (χ2n) is 7.61. The Kier molecular flexibility index (Phi) is 7.04. The number of aromatic nitrogens is 1. The highest BCUT2D eigenvalue weighted by atomic mass is 35.5. The number of amides is 3. The predicted octanol–water partition coefficient (Wildman–Crippen LogP) is 4.87. The van der Waals surface area contributed by atoms with Crippen LogP contribution in [0.4, 0.5) is 26.4 Å². The van der Waals surface area contributed by atoms with E-state index in [9.17, 15) is 14.0 Å². The van der Waals surface area contributed by atoms with Gasteiger partial charge in [-0.3, -0.25) is 4.79 Å². The number of urea groups is 1. The number of rotatable bonds is 4. The van der Waals surface area contributed by atoms with Crippen LogP contribution in [0.15, 0.2) is 66.9 Å². The normalized spacial score (nSPS) is 13.9. The molecule has 3 amide bonds. The maximum absolute atomic E-state index is 13.5. The third-order valence-electron chi connectivity index (χ3n) is 5.31. The molecule has 33 heavy (non-hydrogen) atoms. The average molecular weight is 468 g/mol. The molecule has 4 rings (SSSR count). The van der Waals surface area contributed by atoms with E-state index in [1.54, 1.807) is 53.6 Å². The lowest BCUT2D eigenvalue weighted by Gasteiger charge is -2.23. The summed E-state index contributed by atoms with van der Waals surface area (Å²) in [6.07, 6.45) is 2.35. The number of carbonyl (C=O) groups is 2. The van der Waals surface area contributed by atoms with Crippen molar-refractivity contribution in [3.05, 3.63) is 83.3 Å². The first-order valence-corrected chi connectivity index (χ1v) is 11.0. The molecule has 7 nitrogen and oxygen atoms in total. The molecule has 0 aliphatic carbocycles. The zero-order valence-electron chi connectivity index (χ0n) is 17.8. The molecule has 1 fully saturated rings. The Balaban J connectivity index is 1.34. The Hall–Kier alpha value is -3.65. The summed E-state index contributed by atoms with van der Waals surface area (Å²) in [5.41, 5.74) is 1.41. The number of nitrogens with zero attached hydrogens (tertiary/aromatic N) is 3. The number of nitrogens with one attached hydrogen (secondary N) is 2. The number of hydrogen-bond donors (Lipinski definition) is 2. The number of carbonyl (C=O) groups excluding carboxylic acids is 2. The van der Waals surface area contributed by atoms with Crippen molar-refractivity contribution in [3.8, 4) is 0 Å². The maximum atomic E-state index is 13.5. The molecule has 1 aromatic heterocycles. The highest BCUT2D eigenvalue weighted by Gasteiger charge is 2.21. The number of benzene rings is 2. The standard InChI is InChI=1S/C24H23ClFN5O2/c25-20-7-1-2-8-21(20)29-24(33)28-19-9-10-22(27-16-19)30-11-4-12-31(14-13-30)23(32)17-5-3-6-18(26)15-17/h1-3,5-10,15-16H,4,11-14H2,(H2,28,29,33). The summed E-state index contributed by atoms with van der Waals surface area (Å²) < 4.78 is 13.5. The van der Waals surface area contributed by atoms with Gasteiger partial charge >= 0.3 is 6.03 Å². The van der Waals surface area contributed by atoms with Gasteiger partial charge in [-0.15, -0.1) is 0 Å². The van der Waals surface area contributed by atoms with E-state index in [0.29, 0.717) is 41.6 Å². The second kappa shape index (κ2) is 10.3. The molecule has 0 bridgehead atoms. The molecule has 170 valence electrons. The summed E-state index contributed by atoms with van der Waals surface area (Å²) in [5, 5.41) is 5.88. The van der Waals surface area contributed by atoms with E-state index in [0.717, 1.165) is 18.8 Å². The number of halogens is 2. The number of anilines is 3. The monoisotopic (exact) mass is 467 g/mol. The lowest BCUT2D eigenvalue weighted by atomic mass is 10.2. The van der Waals surface area contributed by atoms with E-state index >= 15 is 0 Å². The average Bonchev–Trinajstić information content (AvgIpc) is 3.07. The molecule has 1 saturated heterocycles. The molecule has 0 saturated carbocycles. The van der Waals surface area contributed by atoms with Crippen LogP contribution in [0.2, 0.25) is 5.02 Å². The van der Waals surface area contributed by atoms with Crippen LogP contribution in [0, 0.1) is 5.82 Å². The summed E-state index contributed by atoms with van der Waals surface area (Å²) in [4.78, 5) is 33.2. The molecule has 0 spiro atoms. The fourth-order valence-corrected chi connectivity index (χ4v) is 3.83. The Labute approximate surface area is 196 Å². The van der Waals surface area contributed by atoms with Crippen LogP contribution in [-0.2, 0) is 0 Å². The predicted molar refractivity (Wildman–Crippen MR) is 127 cm³/mol. The number of pyridine rings is 1. The summed E-state index contributed by atoms with van der Waals surface area (Å²) in [6, 6.07) is 15.9. The van der Waals surface area contributed by atoms with Crippen molar-refractivity contribution in [2.75, 3.05) is 41.7 Å². The largest absolute Gasteiger partial charge is 0.355 e. The lowest BCUT2D eigenvalue weighted by Crippen LogP contribution is -2.35. The first-order valence-electron chi connectivity index (χ1n) is 10.6. The second-order valence-corrected chi connectivity index (χ2v) is 8.01. The summed E-state index contributed by atoms with van der Waals surface area (Å²) in [5.74, 6) is 0.163. The molecule has 2 N–H and O–H groups in total. The van der Waals surface area contributed by atoms with Gasteiger partial charge in [0.15, 0.2) is 0 Å². The highest BCUT2D eigenvalue weighted by molar-refractivity contribution is 6.33. The van der Waals surface area contributed by atoms with Crippen molar-refractivity contribution >= 4 is 40.7 Å². The molecule has 0 unspecified atom stereocenters. The smallest absolute Gasteiger partial charge is 0.323 e. The van der Waals surface area contributed by atoms with Gasteiger partial charge in [0.2, 0.25) is 0 Å². The van der Waals surface area contributed by atoms with Crippen LogP contribution < -0.4 is 15.5 Å². The summed E-state index contributed by atoms with van der Waals surface area (Å²) >= 11 is 6.06. The van der Waals surface area contributed by atoms with E-state index < -0.39 is 11.8 Å². The SMILES string of the molecule is O=C(Nc1ccc(N2CCCN(C(=O)c3cccc(F)c3)CC2)nc1)Nc1ccccc1Cl. The molecular weight excluding hydrogens is 445 g/mol. The fraction of sp³-hybridized carbons (Fsp3) is 0.208. The molecule has 3 aromatic rings. The van der Waals surface area contributed by atoms with E-state index in [2.05, 4.69) is 20.5 Å². The van der Waals surface area contributed by atoms with Crippen molar-refractivity contribution < 1.29 is 14.0 Å². The summed E-state index contributed by atoms with van der Waals surface area (Å²) in [6.45, 7) is 2.44. The molecule has 2 heterocycles. The van der Waals surface area contributed by atoms with Gasteiger partial charge in [0.1, 0.15) is 11.6 Å². The van der Waals surface area contributed by atoms with Crippen molar-refractivity contribution in [1.82, 2.24) is 9.88 Å². The molecule has 1 aliphatic heterocycles. The van der Waals surface area contributed by atoms with Crippen molar-refractivity contribution in [3.63, 3.8) is 0 Å². The van der Waals surface area contributed by atoms with Crippen LogP contribution in [0.1, 0.15) is 16.8 Å². The quantitative estimate of drug-likeness (QED) is 0.573. The lowest BCUT2D eigenvalue weighted by molar-refractivity contribution is 0.0766. The fourth-order valence-electron chi connectivity index (χ4n) is 3.65. The van der Waals surface area contributed by atoms with E-state index in [4.69, 9.17) is 11.6 Å². The van der Waals surface area contributed by atoms with Crippen LogP contribution in [0.5, 0.6) is 0 Å². The van der Waals surface area contributed by atoms with Gasteiger partial charge in [0, 0.05) is 31.7 Å². The molecule has 0 radical (unpaired) electrons. The molecule has 2 aromatic carbocycles. The van der Waals surface area contributed by atoms with Gasteiger partial charge in [-0.2, -0.15) is 0 Å².